The Balaban J connectivity index is 1.87. The maximum atomic E-state index is 12.7. The highest BCUT2D eigenvalue weighted by Gasteiger charge is 2.18. The van der Waals surface area contributed by atoms with Crippen molar-refractivity contribution in [2.75, 3.05) is 11.8 Å². The number of ether oxygens (including phenoxy) is 2. The largest absolute Gasteiger partial charge is 0.497 e. The van der Waals surface area contributed by atoms with Crippen molar-refractivity contribution in [2.45, 2.75) is 4.90 Å². The van der Waals surface area contributed by atoms with Gasteiger partial charge in [0.05, 0.1) is 28.3 Å². The van der Waals surface area contributed by atoms with Gasteiger partial charge in [-0.1, -0.05) is 23.7 Å². The summed E-state index contributed by atoms with van der Waals surface area (Å²) in [5, 5.41) is 9.24. The fourth-order valence-electron chi connectivity index (χ4n) is 2.43. The van der Waals surface area contributed by atoms with Crippen LogP contribution in [0.1, 0.15) is 10.4 Å². The second kappa shape index (κ2) is 8.42. The molecule has 0 heterocycles. The number of rotatable bonds is 7. The molecule has 0 aliphatic rings. The van der Waals surface area contributed by atoms with E-state index in [9.17, 15) is 13.2 Å². The second-order valence-electron chi connectivity index (χ2n) is 5.83. The van der Waals surface area contributed by atoms with Gasteiger partial charge in [0.2, 0.25) is 0 Å². The highest BCUT2D eigenvalue weighted by Crippen LogP contribution is 2.36. The van der Waals surface area contributed by atoms with Gasteiger partial charge >= 0.3 is 5.97 Å². The molecule has 29 heavy (non-hydrogen) atoms. The lowest BCUT2D eigenvalue weighted by atomic mass is 10.2. The first-order valence-electron chi connectivity index (χ1n) is 8.27. The number of halogens is 1. The van der Waals surface area contributed by atoms with Gasteiger partial charge in [0.25, 0.3) is 10.0 Å². The molecule has 0 saturated carbocycles. The van der Waals surface area contributed by atoms with Crippen molar-refractivity contribution in [3.63, 3.8) is 0 Å². The van der Waals surface area contributed by atoms with E-state index in [0.29, 0.717) is 16.5 Å². The van der Waals surface area contributed by atoms with Gasteiger partial charge in [-0.15, -0.1) is 0 Å². The van der Waals surface area contributed by atoms with Crippen LogP contribution >= 0.6 is 11.6 Å². The molecule has 3 aromatic carbocycles. The minimum atomic E-state index is -3.97. The lowest BCUT2D eigenvalue weighted by Gasteiger charge is -2.14. The highest BCUT2D eigenvalue weighted by molar-refractivity contribution is 7.92. The Morgan fingerprint density at radius 3 is 2.31 bits per heavy atom. The number of hydrogen-bond donors (Lipinski definition) is 2. The van der Waals surface area contributed by atoms with E-state index in [-0.39, 0.29) is 21.9 Å². The quantitative estimate of drug-likeness (QED) is 0.562. The molecule has 150 valence electrons. The summed E-state index contributed by atoms with van der Waals surface area (Å²) in [6.45, 7) is 0. The first-order valence-corrected chi connectivity index (χ1v) is 10.1. The van der Waals surface area contributed by atoms with Crippen LogP contribution in [0.25, 0.3) is 0 Å². The highest BCUT2D eigenvalue weighted by atomic mass is 35.5. The maximum Gasteiger partial charge on any atom is 0.335 e. The smallest absolute Gasteiger partial charge is 0.335 e. The molecule has 0 aliphatic heterocycles. The number of carboxylic acids is 1. The van der Waals surface area contributed by atoms with E-state index in [2.05, 4.69) is 4.72 Å². The molecule has 3 aromatic rings. The third-order valence-electron chi connectivity index (χ3n) is 3.90. The maximum absolute atomic E-state index is 12.7. The van der Waals surface area contributed by atoms with Gasteiger partial charge in [0.1, 0.15) is 11.5 Å². The molecule has 0 atom stereocenters. The Labute approximate surface area is 172 Å². The first-order chi connectivity index (χ1) is 13.8. The minimum absolute atomic E-state index is 0.0122. The Kier molecular flexibility index (Phi) is 5.95. The molecule has 0 radical (unpaired) electrons. The van der Waals surface area contributed by atoms with Crippen LogP contribution in [0.5, 0.6) is 17.2 Å². The molecule has 3 rings (SSSR count). The second-order valence-corrected chi connectivity index (χ2v) is 7.92. The summed E-state index contributed by atoms with van der Waals surface area (Å²) in [5.41, 5.74) is 0.184. The molecule has 9 heteroatoms. The Bertz CT molecular complexity index is 1150. The zero-order valence-corrected chi connectivity index (χ0v) is 16.7. The molecule has 7 nitrogen and oxygen atoms in total. The number of carboxylic acid groups (broad SMARTS) is 1. The number of para-hydroxylation sites is 2. The molecule has 0 bridgehead atoms. The summed E-state index contributed by atoms with van der Waals surface area (Å²) in [6, 6.07) is 16.2. The number of hydrogen-bond acceptors (Lipinski definition) is 5. The van der Waals surface area contributed by atoms with Crippen molar-refractivity contribution in [3.8, 4) is 17.2 Å². The lowest BCUT2D eigenvalue weighted by Crippen LogP contribution is -2.13. The molecular formula is C20H16ClNO6S. The lowest BCUT2D eigenvalue weighted by molar-refractivity contribution is 0.0696. The summed E-state index contributed by atoms with van der Waals surface area (Å²) in [4.78, 5) is 10.9. The Morgan fingerprint density at radius 2 is 1.69 bits per heavy atom. The van der Waals surface area contributed by atoms with Crippen molar-refractivity contribution in [1.29, 1.82) is 0 Å². The van der Waals surface area contributed by atoms with Crippen LogP contribution in [0.2, 0.25) is 5.02 Å². The standard InChI is InChI=1S/C20H16ClNO6S/c1-27-14-8-11-18(16(21)12-14)28-19-5-3-2-4-17(19)22-29(25,26)15-9-6-13(7-10-15)20(23)24/h2-12,22H,1H3,(H,23,24). The number of aromatic carboxylic acids is 1. The zero-order chi connectivity index (χ0) is 21.0. The van der Waals surface area contributed by atoms with E-state index in [1.165, 1.54) is 37.4 Å². The fourth-order valence-corrected chi connectivity index (χ4v) is 3.71. The van der Waals surface area contributed by atoms with Crippen LogP contribution in [-0.4, -0.2) is 26.6 Å². The van der Waals surface area contributed by atoms with Gasteiger partial charge < -0.3 is 14.6 Å². The normalized spacial score (nSPS) is 11.0. The van der Waals surface area contributed by atoms with Crippen molar-refractivity contribution in [3.05, 3.63) is 77.3 Å². The summed E-state index contributed by atoms with van der Waals surface area (Å²) >= 11 is 6.19. The zero-order valence-electron chi connectivity index (χ0n) is 15.1. The van der Waals surface area contributed by atoms with Gasteiger partial charge in [0, 0.05) is 6.07 Å². The van der Waals surface area contributed by atoms with Crippen LogP contribution < -0.4 is 14.2 Å². The van der Waals surface area contributed by atoms with Crippen molar-refractivity contribution < 1.29 is 27.8 Å². The van der Waals surface area contributed by atoms with E-state index < -0.39 is 16.0 Å². The van der Waals surface area contributed by atoms with E-state index >= 15 is 0 Å². The predicted molar refractivity (Wildman–Crippen MR) is 109 cm³/mol. The van der Waals surface area contributed by atoms with Crippen LogP contribution in [0, 0.1) is 0 Å². The minimum Gasteiger partial charge on any atom is -0.497 e. The van der Waals surface area contributed by atoms with Crippen LogP contribution in [0.3, 0.4) is 0 Å². The van der Waals surface area contributed by atoms with E-state index in [1.54, 1.807) is 36.4 Å². The first kappa shape index (κ1) is 20.5. The Hall–Kier alpha value is -3.23. The fraction of sp³-hybridized carbons (Fsp3) is 0.0500. The monoisotopic (exact) mass is 433 g/mol. The topological polar surface area (TPSA) is 102 Å². The van der Waals surface area contributed by atoms with E-state index in [0.717, 1.165) is 0 Å². The van der Waals surface area contributed by atoms with Gasteiger partial charge in [-0.2, -0.15) is 0 Å². The van der Waals surface area contributed by atoms with Crippen molar-refractivity contribution in [1.82, 2.24) is 0 Å². The third-order valence-corrected chi connectivity index (χ3v) is 5.58. The summed E-state index contributed by atoms with van der Waals surface area (Å²) < 4.78 is 38.7. The van der Waals surface area contributed by atoms with Crippen LogP contribution in [0.15, 0.2) is 71.6 Å². The number of carbonyl (C=O) groups is 1. The third kappa shape index (κ3) is 4.79. The van der Waals surface area contributed by atoms with Gasteiger partial charge in [-0.05, 0) is 48.5 Å². The molecular weight excluding hydrogens is 418 g/mol. The molecule has 0 spiro atoms. The molecule has 0 unspecified atom stereocenters. The average Bonchev–Trinajstić information content (AvgIpc) is 2.70. The Morgan fingerprint density at radius 1 is 1.00 bits per heavy atom. The van der Waals surface area contributed by atoms with E-state index in [4.69, 9.17) is 26.2 Å². The summed E-state index contributed by atoms with van der Waals surface area (Å²) in [6.07, 6.45) is 0. The molecule has 0 saturated heterocycles. The average molecular weight is 434 g/mol. The SMILES string of the molecule is COc1ccc(Oc2ccccc2NS(=O)(=O)c2ccc(C(=O)O)cc2)c(Cl)c1. The summed E-state index contributed by atoms with van der Waals surface area (Å²) in [5.74, 6) is -0.0200. The number of nitrogens with one attached hydrogen (secondary N) is 1. The molecule has 0 aliphatic carbocycles. The predicted octanol–water partition coefficient (Wildman–Crippen LogP) is 4.64. The van der Waals surface area contributed by atoms with Crippen molar-refractivity contribution >= 4 is 33.3 Å². The number of benzene rings is 3. The van der Waals surface area contributed by atoms with E-state index in [1.807, 2.05) is 0 Å². The van der Waals surface area contributed by atoms with Gasteiger partial charge in [-0.25, -0.2) is 13.2 Å². The molecule has 0 amide bonds. The summed E-state index contributed by atoms with van der Waals surface area (Å²) in [7, 11) is -2.45. The van der Waals surface area contributed by atoms with Gasteiger partial charge in [0.15, 0.2) is 5.75 Å². The van der Waals surface area contributed by atoms with Crippen molar-refractivity contribution in [2.24, 2.45) is 0 Å². The molecule has 0 fully saturated rings. The van der Waals surface area contributed by atoms with Gasteiger partial charge in [-0.3, -0.25) is 4.72 Å². The molecule has 2 N–H and O–H groups in total. The number of sulfonamides is 1. The number of anilines is 1. The van der Waals surface area contributed by atoms with Crippen LogP contribution in [0.4, 0.5) is 5.69 Å². The van der Waals surface area contributed by atoms with Crippen LogP contribution in [-0.2, 0) is 10.0 Å². The number of methoxy groups -OCH3 is 1. The molecule has 0 aromatic heterocycles.